The maximum atomic E-state index is 12.3. The van der Waals surface area contributed by atoms with Gasteiger partial charge in [0.2, 0.25) is 5.91 Å². The molecular weight excluding hydrogens is 274 g/mol. The maximum Gasteiger partial charge on any atom is 0.326 e. The van der Waals surface area contributed by atoms with Crippen molar-refractivity contribution in [1.82, 2.24) is 15.5 Å². The second-order valence-corrected chi connectivity index (χ2v) is 5.74. The fourth-order valence-electron chi connectivity index (χ4n) is 3.10. The van der Waals surface area contributed by atoms with E-state index in [1.807, 2.05) is 6.92 Å². The first-order chi connectivity index (χ1) is 10.0. The molecule has 118 valence electrons. The number of carbonyl (C=O) groups is 3. The second-order valence-electron chi connectivity index (χ2n) is 5.74. The van der Waals surface area contributed by atoms with Gasteiger partial charge in [-0.1, -0.05) is 19.8 Å². The van der Waals surface area contributed by atoms with Crippen molar-refractivity contribution < 1.29 is 19.5 Å². The van der Waals surface area contributed by atoms with E-state index in [9.17, 15) is 19.5 Å². The fourth-order valence-corrected chi connectivity index (χ4v) is 3.10. The predicted octanol–water partition coefficient (Wildman–Crippen LogP) is 0.550. The van der Waals surface area contributed by atoms with Gasteiger partial charge in [-0.05, 0) is 19.3 Å². The number of piperidine rings is 1. The summed E-state index contributed by atoms with van der Waals surface area (Å²) in [4.78, 5) is 36.8. The first kappa shape index (κ1) is 15.6. The van der Waals surface area contributed by atoms with Crippen LogP contribution in [0.15, 0.2) is 0 Å². The van der Waals surface area contributed by atoms with Crippen molar-refractivity contribution in [3.05, 3.63) is 0 Å². The minimum Gasteiger partial charge on any atom is -0.480 e. The van der Waals surface area contributed by atoms with Gasteiger partial charge in [0.25, 0.3) is 0 Å². The number of aliphatic carboxylic acids is 1. The molecule has 3 atom stereocenters. The lowest BCUT2D eigenvalue weighted by atomic mass is 9.92. The number of nitrogens with one attached hydrogen (secondary N) is 2. The summed E-state index contributed by atoms with van der Waals surface area (Å²) in [5, 5.41) is 14.6. The molecule has 3 N–H and O–H groups in total. The number of fused-ring (bicyclic) bond motifs is 1. The Bertz CT molecular complexity index is 426. The van der Waals surface area contributed by atoms with Crippen molar-refractivity contribution in [3.63, 3.8) is 0 Å². The number of carboxylic acids is 1. The van der Waals surface area contributed by atoms with Gasteiger partial charge in [0, 0.05) is 13.1 Å². The molecule has 0 aliphatic carbocycles. The zero-order valence-electron chi connectivity index (χ0n) is 12.3. The molecule has 2 fully saturated rings. The zero-order valence-corrected chi connectivity index (χ0v) is 12.3. The Morgan fingerprint density at radius 1 is 1.52 bits per heavy atom. The number of hydrogen-bond acceptors (Lipinski definition) is 3. The van der Waals surface area contributed by atoms with E-state index in [1.54, 1.807) is 4.90 Å². The monoisotopic (exact) mass is 297 g/mol. The van der Waals surface area contributed by atoms with Crippen LogP contribution in [0.5, 0.6) is 0 Å². The third kappa shape index (κ3) is 3.46. The Morgan fingerprint density at radius 3 is 2.95 bits per heavy atom. The lowest BCUT2D eigenvalue weighted by Crippen LogP contribution is -2.55. The van der Waals surface area contributed by atoms with Crippen LogP contribution in [0.1, 0.15) is 39.0 Å². The largest absolute Gasteiger partial charge is 0.480 e. The number of carboxylic acid groups (broad SMARTS) is 1. The highest BCUT2D eigenvalue weighted by Crippen LogP contribution is 2.27. The molecule has 2 unspecified atom stereocenters. The molecule has 0 bridgehead atoms. The summed E-state index contributed by atoms with van der Waals surface area (Å²) in [6.45, 7) is 3.01. The van der Waals surface area contributed by atoms with E-state index >= 15 is 0 Å². The summed E-state index contributed by atoms with van der Waals surface area (Å²) in [5.41, 5.74) is 0. The second kappa shape index (κ2) is 6.78. The highest BCUT2D eigenvalue weighted by atomic mass is 16.4. The number of unbranched alkanes of at least 4 members (excludes halogenated alkanes) is 1. The summed E-state index contributed by atoms with van der Waals surface area (Å²) >= 11 is 0. The Balaban J connectivity index is 1.98. The van der Waals surface area contributed by atoms with E-state index in [0.29, 0.717) is 19.5 Å². The van der Waals surface area contributed by atoms with Crippen molar-refractivity contribution in [2.24, 2.45) is 5.92 Å². The number of rotatable bonds is 5. The minimum atomic E-state index is -1.01. The molecule has 7 heteroatoms. The van der Waals surface area contributed by atoms with E-state index < -0.39 is 12.0 Å². The van der Waals surface area contributed by atoms with Crippen LogP contribution in [0.25, 0.3) is 0 Å². The zero-order chi connectivity index (χ0) is 15.4. The average molecular weight is 297 g/mol. The molecule has 3 amide bonds. The molecule has 2 aliphatic heterocycles. The molecule has 7 nitrogen and oxygen atoms in total. The molecule has 0 radical (unpaired) electrons. The standard InChI is InChI=1S/C14H23N3O4/c1-2-3-6-10(13(19)20)16-14(21)17-7-4-5-9-11(17)8-15-12(9)18/h9-11H,2-8H2,1H3,(H,15,18)(H,16,21)(H,19,20)/t9?,10-,11?/m0/s1. The Kier molecular flexibility index (Phi) is 5.03. The highest BCUT2D eigenvalue weighted by Gasteiger charge is 2.43. The molecule has 0 saturated carbocycles. The molecule has 0 spiro atoms. The lowest BCUT2D eigenvalue weighted by Gasteiger charge is -2.36. The minimum absolute atomic E-state index is 0.00160. The number of urea groups is 1. The third-order valence-corrected chi connectivity index (χ3v) is 4.30. The van der Waals surface area contributed by atoms with E-state index in [-0.39, 0.29) is 23.9 Å². The summed E-state index contributed by atoms with van der Waals surface area (Å²) in [6, 6.07) is -1.38. The van der Waals surface area contributed by atoms with E-state index in [4.69, 9.17) is 0 Å². The van der Waals surface area contributed by atoms with Gasteiger partial charge in [-0.15, -0.1) is 0 Å². The van der Waals surface area contributed by atoms with Crippen LogP contribution >= 0.6 is 0 Å². The van der Waals surface area contributed by atoms with E-state index in [1.165, 1.54) is 0 Å². The molecule has 2 heterocycles. The van der Waals surface area contributed by atoms with Crippen molar-refractivity contribution >= 4 is 17.9 Å². The van der Waals surface area contributed by atoms with Gasteiger partial charge in [-0.25, -0.2) is 9.59 Å². The normalized spacial score (nSPS) is 26.0. The molecule has 2 rings (SSSR count). The number of nitrogens with zero attached hydrogens (tertiary/aromatic N) is 1. The van der Waals surface area contributed by atoms with Gasteiger partial charge >= 0.3 is 12.0 Å². The molecule has 2 aliphatic rings. The summed E-state index contributed by atoms with van der Waals surface area (Å²) in [5.74, 6) is -1.16. The first-order valence-electron chi connectivity index (χ1n) is 7.62. The predicted molar refractivity (Wildman–Crippen MR) is 75.7 cm³/mol. The number of hydrogen-bond donors (Lipinski definition) is 3. The van der Waals surface area contributed by atoms with Gasteiger partial charge in [-0.3, -0.25) is 4.79 Å². The van der Waals surface area contributed by atoms with Crippen molar-refractivity contribution in [3.8, 4) is 0 Å². The summed E-state index contributed by atoms with van der Waals surface area (Å²) < 4.78 is 0. The molecule has 2 saturated heterocycles. The molecule has 0 aromatic rings. The smallest absolute Gasteiger partial charge is 0.326 e. The van der Waals surface area contributed by atoms with Crippen LogP contribution in [-0.2, 0) is 9.59 Å². The van der Waals surface area contributed by atoms with Crippen LogP contribution in [0, 0.1) is 5.92 Å². The molecule has 21 heavy (non-hydrogen) atoms. The molecule has 0 aromatic heterocycles. The van der Waals surface area contributed by atoms with Gasteiger partial charge in [0.1, 0.15) is 6.04 Å². The van der Waals surface area contributed by atoms with Crippen LogP contribution < -0.4 is 10.6 Å². The SMILES string of the molecule is CCCC[C@H](NC(=O)N1CCCC2C(=O)NCC21)C(=O)O. The molecule has 0 aromatic carbocycles. The lowest BCUT2D eigenvalue weighted by molar-refractivity contribution is -0.139. The fraction of sp³-hybridized carbons (Fsp3) is 0.786. The van der Waals surface area contributed by atoms with Gasteiger partial charge in [0.15, 0.2) is 0 Å². The number of amides is 3. The quantitative estimate of drug-likeness (QED) is 0.690. The maximum absolute atomic E-state index is 12.3. The van der Waals surface area contributed by atoms with Crippen molar-refractivity contribution in [2.45, 2.75) is 51.1 Å². The topological polar surface area (TPSA) is 98.7 Å². The Morgan fingerprint density at radius 2 is 2.29 bits per heavy atom. The summed E-state index contributed by atoms with van der Waals surface area (Å²) in [6.07, 6.45) is 3.62. The first-order valence-corrected chi connectivity index (χ1v) is 7.62. The average Bonchev–Trinajstić information content (AvgIpc) is 2.84. The summed E-state index contributed by atoms with van der Waals surface area (Å²) in [7, 11) is 0. The van der Waals surface area contributed by atoms with Gasteiger partial charge in [-0.2, -0.15) is 0 Å². The van der Waals surface area contributed by atoms with Crippen LogP contribution in [-0.4, -0.2) is 53.1 Å². The van der Waals surface area contributed by atoms with E-state index in [0.717, 1.165) is 25.7 Å². The van der Waals surface area contributed by atoms with Crippen LogP contribution in [0.4, 0.5) is 4.79 Å². The Labute approximate surface area is 124 Å². The highest BCUT2D eigenvalue weighted by molar-refractivity contribution is 5.86. The van der Waals surface area contributed by atoms with Crippen LogP contribution in [0.2, 0.25) is 0 Å². The van der Waals surface area contributed by atoms with Gasteiger partial charge in [0.05, 0.1) is 12.0 Å². The van der Waals surface area contributed by atoms with Crippen molar-refractivity contribution in [1.29, 1.82) is 0 Å². The van der Waals surface area contributed by atoms with Crippen LogP contribution in [0.3, 0.4) is 0 Å². The number of carbonyl (C=O) groups excluding carboxylic acids is 2. The van der Waals surface area contributed by atoms with Gasteiger partial charge < -0.3 is 20.6 Å². The molecular formula is C14H23N3O4. The van der Waals surface area contributed by atoms with E-state index in [2.05, 4.69) is 10.6 Å². The Hall–Kier alpha value is -1.79. The van der Waals surface area contributed by atoms with Crippen molar-refractivity contribution in [2.75, 3.05) is 13.1 Å². The number of likely N-dealkylation sites (tertiary alicyclic amines) is 1. The third-order valence-electron chi connectivity index (χ3n) is 4.30.